The van der Waals surface area contributed by atoms with E-state index in [1.165, 1.54) is 4.90 Å². The zero-order chi connectivity index (χ0) is 15.3. The predicted octanol–water partition coefficient (Wildman–Crippen LogP) is 1.55. The highest BCUT2D eigenvalue weighted by Gasteiger charge is 2.15. The molecular formula is C13H18FN3O3. The van der Waals surface area contributed by atoms with Crippen molar-refractivity contribution in [1.82, 2.24) is 9.80 Å². The molecule has 1 rings (SSSR count). The Labute approximate surface area is 116 Å². The normalized spacial score (nSPS) is 10.4. The van der Waals surface area contributed by atoms with E-state index in [2.05, 4.69) is 5.32 Å². The fraction of sp³-hybridized carbons (Fsp3) is 0.385. The average molecular weight is 283 g/mol. The van der Waals surface area contributed by atoms with Gasteiger partial charge in [0.1, 0.15) is 5.82 Å². The molecule has 0 aliphatic carbocycles. The molecule has 2 amide bonds. The first-order chi connectivity index (χ1) is 9.31. The van der Waals surface area contributed by atoms with E-state index in [1.54, 1.807) is 7.05 Å². The molecule has 0 aliphatic heterocycles. The molecule has 110 valence electrons. The number of rotatable bonds is 5. The highest BCUT2D eigenvalue weighted by molar-refractivity contribution is 5.99. The van der Waals surface area contributed by atoms with Crippen molar-refractivity contribution in [3.05, 3.63) is 29.6 Å². The summed E-state index contributed by atoms with van der Waals surface area (Å²) in [5, 5.41) is 11.4. The number of nitrogens with zero attached hydrogens (tertiary/aromatic N) is 2. The van der Waals surface area contributed by atoms with Gasteiger partial charge >= 0.3 is 12.0 Å². The lowest BCUT2D eigenvalue weighted by molar-refractivity contribution is 0.0698. The largest absolute Gasteiger partial charge is 0.478 e. The van der Waals surface area contributed by atoms with E-state index in [-0.39, 0.29) is 11.3 Å². The number of nitrogens with one attached hydrogen (secondary N) is 1. The van der Waals surface area contributed by atoms with Gasteiger partial charge < -0.3 is 20.2 Å². The minimum absolute atomic E-state index is 0.0563. The first-order valence-electron chi connectivity index (χ1n) is 6.01. The van der Waals surface area contributed by atoms with Gasteiger partial charge in [0.15, 0.2) is 0 Å². The van der Waals surface area contributed by atoms with Crippen LogP contribution in [0.2, 0.25) is 0 Å². The van der Waals surface area contributed by atoms with Gasteiger partial charge in [0, 0.05) is 20.1 Å². The molecule has 0 heterocycles. The average Bonchev–Trinajstić information content (AvgIpc) is 2.35. The smallest absolute Gasteiger partial charge is 0.337 e. The lowest BCUT2D eigenvalue weighted by atomic mass is 10.2. The third-order valence-corrected chi connectivity index (χ3v) is 2.68. The second-order valence-electron chi connectivity index (χ2n) is 4.65. The van der Waals surface area contributed by atoms with Crippen molar-refractivity contribution in [2.75, 3.05) is 39.5 Å². The van der Waals surface area contributed by atoms with Crippen molar-refractivity contribution in [2.45, 2.75) is 0 Å². The van der Waals surface area contributed by atoms with E-state index in [0.29, 0.717) is 13.1 Å². The van der Waals surface area contributed by atoms with Gasteiger partial charge in [-0.15, -0.1) is 0 Å². The monoisotopic (exact) mass is 283 g/mol. The molecule has 6 nitrogen and oxygen atoms in total. The van der Waals surface area contributed by atoms with Gasteiger partial charge in [0.2, 0.25) is 0 Å². The summed E-state index contributed by atoms with van der Waals surface area (Å²) < 4.78 is 13.2. The van der Waals surface area contributed by atoms with Gasteiger partial charge in [-0.25, -0.2) is 14.0 Å². The van der Waals surface area contributed by atoms with Crippen LogP contribution in [-0.4, -0.2) is 61.1 Å². The summed E-state index contributed by atoms with van der Waals surface area (Å²) in [4.78, 5) is 26.2. The number of carbonyl (C=O) groups excluding carboxylic acids is 1. The summed E-state index contributed by atoms with van der Waals surface area (Å²) in [7, 11) is 5.33. The van der Waals surface area contributed by atoms with Crippen molar-refractivity contribution in [3.8, 4) is 0 Å². The SMILES string of the molecule is CN(C)CCN(C)C(=O)Nc1cc(F)ccc1C(=O)O. The molecule has 1 aromatic carbocycles. The molecule has 0 unspecified atom stereocenters. The van der Waals surface area contributed by atoms with Crippen LogP contribution in [0.4, 0.5) is 14.9 Å². The maximum atomic E-state index is 13.2. The number of urea groups is 1. The van der Waals surface area contributed by atoms with E-state index < -0.39 is 17.8 Å². The molecule has 7 heteroatoms. The number of hydrogen-bond acceptors (Lipinski definition) is 3. The van der Waals surface area contributed by atoms with Crippen LogP contribution in [0.3, 0.4) is 0 Å². The van der Waals surface area contributed by atoms with Crippen LogP contribution in [0.1, 0.15) is 10.4 Å². The van der Waals surface area contributed by atoms with Gasteiger partial charge in [0.05, 0.1) is 11.3 Å². The van der Waals surface area contributed by atoms with Crippen LogP contribution in [0.15, 0.2) is 18.2 Å². The van der Waals surface area contributed by atoms with E-state index in [9.17, 15) is 14.0 Å². The number of amides is 2. The van der Waals surface area contributed by atoms with Crippen LogP contribution in [-0.2, 0) is 0 Å². The van der Waals surface area contributed by atoms with Crippen molar-refractivity contribution in [2.24, 2.45) is 0 Å². The maximum absolute atomic E-state index is 13.2. The number of likely N-dealkylation sites (N-methyl/N-ethyl adjacent to an activating group) is 2. The van der Waals surface area contributed by atoms with E-state index in [0.717, 1.165) is 18.2 Å². The van der Waals surface area contributed by atoms with Crippen LogP contribution in [0.5, 0.6) is 0 Å². The predicted molar refractivity (Wildman–Crippen MR) is 73.6 cm³/mol. The molecule has 0 fully saturated rings. The Morgan fingerprint density at radius 3 is 2.45 bits per heavy atom. The van der Waals surface area contributed by atoms with Gasteiger partial charge in [-0.2, -0.15) is 0 Å². The van der Waals surface area contributed by atoms with Crippen LogP contribution in [0, 0.1) is 5.82 Å². The summed E-state index contributed by atoms with van der Waals surface area (Å²) in [6.45, 7) is 1.13. The zero-order valence-electron chi connectivity index (χ0n) is 11.7. The molecular weight excluding hydrogens is 265 g/mol. The molecule has 0 bridgehead atoms. The third-order valence-electron chi connectivity index (χ3n) is 2.68. The minimum atomic E-state index is -1.23. The fourth-order valence-electron chi connectivity index (χ4n) is 1.47. The first-order valence-corrected chi connectivity index (χ1v) is 6.01. The van der Waals surface area contributed by atoms with E-state index in [4.69, 9.17) is 5.11 Å². The quantitative estimate of drug-likeness (QED) is 0.860. The van der Waals surface area contributed by atoms with Gasteiger partial charge in [0.25, 0.3) is 0 Å². The fourth-order valence-corrected chi connectivity index (χ4v) is 1.47. The molecule has 0 aliphatic rings. The molecule has 0 saturated heterocycles. The lowest BCUT2D eigenvalue weighted by Gasteiger charge is -2.20. The van der Waals surface area contributed by atoms with Crippen molar-refractivity contribution >= 4 is 17.7 Å². The number of anilines is 1. The molecule has 0 radical (unpaired) electrons. The molecule has 0 atom stereocenters. The van der Waals surface area contributed by atoms with E-state index in [1.807, 2.05) is 19.0 Å². The minimum Gasteiger partial charge on any atom is -0.478 e. The summed E-state index contributed by atoms with van der Waals surface area (Å²) in [6, 6.07) is 2.66. The molecule has 0 aromatic heterocycles. The van der Waals surface area contributed by atoms with Gasteiger partial charge in [-0.1, -0.05) is 0 Å². The third kappa shape index (κ3) is 4.51. The molecule has 0 spiro atoms. The van der Waals surface area contributed by atoms with Crippen LogP contribution >= 0.6 is 0 Å². The van der Waals surface area contributed by atoms with Crippen molar-refractivity contribution in [3.63, 3.8) is 0 Å². The maximum Gasteiger partial charge on any atom is 0.337 e. The van der Waals surface area contributed by atoms with Gasteiger partial charge in [-0.05, 0) is 32.3 Å². The van der Waals surface area contributed by atoms with Crippen molar-refractivity contribution in [1.29, 1.82) is 0 Å². The topological polar surface area (TPSA) is 72.9 Å². The Balaban J connectivity index is 2.79. The highest BCUT2D eigenvalue weighted by Crippen LogP contribution is 2.17. The zero-order valence-corrected chi connectivity index (χ0v) is 11.7. The van der Waals surface area contributed by atoms with Crippen molar-refractivity contribution < 1.29 is 19.1 Å². The number of benzene rings is 1. The molecule has 20 heavy (non-hydrogen) atoms. The van der Waals surface area contributed by atoms with E-state index >= 15 is 0 Å². The Bertz CT molecular complexity index is 506. The Hall–Kier alpha value is -2.15. The number of aromatic carboxylic acids is 1. The Kier molecular flexibility index (Phi) is 5.45. The molecule has 1 aromatic rings. The van der Waals surface area contributed by atoms with Gasteiger partial charge in [-0.3, -0.25) is 0 Å². The number of hydrogen-bond donors (Lipinski definition) is 2. The Morgan fingerprint density at radius 2 is 1.90 bits per heavy atom. The lowest BCUT2D eigenvalue weighted by Crippen LogP contribution is -2.36. The second kappa shape index (κ2) is 6.85. The number of carboxylic acids is 1. The molecule has 0 saturated carbocycles. The highest BCUT2D eigenvalue weighted by atomic mass is 19.1. The van der Waals surface area contributed by atoms with Crippen LogP contribution < -0.4 is 5.32 Å². The summed E-state index contributed by atoms with van der Waals surface area (Å²) in [6.07, 6.45) is 0. The standard InChI is InChI=1S/C13H18FN3O3/c1-16(2)6-7-17(3)13(20)15-11-8-9(14)4-5-10(11)12(18)19/h4-5,8H,6-7H2,1-3H3,(H,15,20)(H,18,19). The Morgan fingerprint density at radius 1 is 1.25 bits per heavy atom. The number of carboxylic acid groups (broad SMARTS) is 1. The number of halogens is 1. The first kappa shape index (κ1) is 15.9. The summed E-state index contributed by atoms with van der Waals surface area (Å²) in [5.41, 5.74) is -0.208. The second-order valence-corrected chi connectivity index (χ2v) is 4.65. The summed E-state index contributed by atoms with van der Waals surface area (Å²) >= 11 is 0. The van der Waals surface area contributed by atoms with Crippen LogP contribution in [0.25, 0.3) is 0 Å². The summed E-state index contributed by atoms with van der Waals surface area (Å²) in [5.74, 6) is -1.84. The number of carbonyl (C=O) groups is 2. The molecule has 2 N–H and O–H groups in total.